The average molecular weight is 266 g/mol. The van der Waals surface area contributed by atoms with Gasteiger partial charge in [-0.1, -0.05) is 23.7 Å². The second-order valence-electron chi connectivity index (χ2n) is 3.93. The van der Waals surface area contributed by atoms with Gasteiger partial charge in [0.15, 0.2) is 0 Å². The topological polar surface area (TPSA) is 43.1 Å². The Morgan fingerprint density at radius 3 is 2.18 bits per heavy atom. The zero-order valence-electron chi connectivity index (χ0n) is 8.37. The van der Waals surface area contributed by atoms with E-state index in [1.807, 2.05) is 0 Å². The highest BCUT2D eigenvalue weighted by Gasteiger charge is 2.69. The molecule has 1 aromatic rings. The van der Waals surface area contributed by atoms with Crippen LogP contribution in [0.15, 0.2) is 24.3 Å². The predicted octanol–water partition coefficient (Wildman–Crippen LogP) is 3.62. The molecule has 2 rings (SSSR count). The van der Waals surface area contributed by atoms with Gasteiger partial charge in [-0.25, -0.2) is 13.2 Å². The molecule has 0 radical (unpaired) electrons. The number of nitro benzene ring substituents is 1. The van der Waals surface area contributed by atoms with E-state index in [-0.39, 0.29) is 11.3 Å². The van der Waals surface area contributed by atoms with Crippen molar-refractivity contribution < 1.29 is 18.1 Å². The predicted molar refractivity (Wildman–Crippen MR) is 55.1 cm³/mol. The smallest absolute Gasteiger partial charge is 0.258 e. The molecule has 7 heteroatoms. The average Bonchev–Trinajstić information content (AvgIpc) is 2.26. The fraction of sp³-hybridized carbons (Fsp3) is 0.400. The molecule has 0 amide bonds. The van der Waals surface area contributed by atoms with E-state index >= 15 is 0 Å². The Morgan fingerprint density at radius 2 is 1.82 bits per heavy atom. The molecule has 1 saturated carbocycles. The molecule has 0 spiro atoms. The van der Waals surface area contributed by atoms with Gasteiger partial charge >= 0.3 is 0 Å². The fourth-order valence-electron chi connectivity index (χ4n) is 1.80. The number of alkyl halides is 4. The summed E-state index contributed by atoms with van der Waals surface area (Å²) >= 11 is 5.15. The number of hydrogen-bond donors (Lipinski definition) is 0. The van der Waals surface area contributed by atoms with Crippen LogP contribution in [-0.2, 0) is 0 Å². The van der Waals surface area contributed by atoms with Crippen molar-refractivity contribution in [2.75, 3.05) is 0 Å². The van der Waals surface area contributed by atoms with E-state index in [9.17, 15) is 23.3 Å². The second kappa shape index (κ2) is 3.60. The van der Waals surface area contributed by atoms with Crippen molar-refractivity contribution in [3.8, 4) is 0 Å². The van der Waals surface area contributed by atoms with E-state index in [2.05, 4.69) is 0 Å². The maximum absolute atomic E-state index is 13.5. The molecule has 92 valence electrons. The van der Waals surface area contributed by atoms with Crippen molar-refractivity contribution in [3.05, 3.63) is 39.9 Å². The molecule has 3 nitrogen and oxygen atoms in total. The largest absolute Gasteiger partial charge is 0.296 e. The number of nitrogens with zero attached hydrogens (tertiary/aromatic N) is 1. The first-order chi connectivity index (χ1) is 7.75. The molecule has 0 aliphatic heterocycles. The second-order valence-corrected chi connectivity index (χ2v) is 4.48. The third-order valence-corrected chi connectivity index (χ3v) is 3.43. The minimum absolute atomic E-state index is 0.182. The van der Waals surface area contributed by atoms with Gasteiger partial charge in [-0.3, -0.25) is 10.1 Å². The Labute approximate surface area is 99.3 Å². The Morgan fingerprint density at radius 1 is 1.29 bits per heavy atom. The number of benzene rings is 1. The standard InChI is InChI=1S/C10H7ClF3NO2/c11-10(14)8(5-9(10,12)13)6-1-3-7(4-2-6)15(16)17/h1-4,8H,5H2. The summed E-state index contributed by atoms with van der Waals surface area (Å²) in [6, 6.07) is 4.76. The van der Waals surface area contributed by atoms with Crippen LogP contribution in [0.5, 0.6) is 0 Å². The molecule has 0 N–H and O–H groups in total. The van der Waals surface area contributed by atoms with Gasteiger partial charge in [0.05, 0.1) is 4.92 Å². The molecule has 17 heavy (non-hydrogen) atoms. The lowest BCUT2D eigenvalue weighted by molar-refractivity contribution is -0.384. The van der Waals surface area contributed by atoms with Crippen LogP contribution in [0.4, 0.5) is 18.9 Å². The molecule has 2 unspecified atom stereocenters. The van der Waals surface area contributed by atoms with E-state index in [1.165, 1.54) is 12.1 Å². The Balaban J connectivity index is 2.23. The summed E-state index contributed by atoms with van der Waals surface area (Å²) in [4.78, 5) is 9.76. The normalized spacial score (nSPS) is 30.7. The molecule has 1 aromatic carbocycles. The van der Waals surface area contributed by atoms with Crippen LogP contribution in [0.3, 0.4) is 0 Å². The third kappa shape index (κ3) is 1.76. The molecule has 0 saturated heterocycles. The molecular weight excluding hydrogens is 259 g/mol. The van der Waals surface area contributed by atoms with Crippen LogP contribution in [0.1, 0.15) is 17.9 Å². The van der Waals surface area contributed by atoms with Crippen LogP contribution in [0.2, 0.25) is 0 Å². The molecule has 0 aromatic heterocycles. The summed E-state index contributed by atoms with van der Waals surface area (Å²) in [6.07, 6.45) is -0.690. The number of nitro groups is 1. The van der Waals surface area contributed by atoms with Crippen molar-refractivity contribution in [1.29, 1.82) is 0 Å². The van der Waals surface area contributed by atoms with Gasteiger partial charge in [0.25, 0.3) is 16.7 Å². The van der Waals surface area contributed by atoms with Crippen molar-refractivity contribution in [2.45, 2.75) is 23.4 Å². The van der Waals surface area contributed by atoms with E-state index in [0.717, 1.165) is 12.1 Å². The lowest BCUT2D eigenvalue weighted by Gasteiger charge is -2.45. The van der Waals surface area contributed by atoms with E-state index < -0.39 is 28.3 Å². The van der Waals surface area contributed by atoms with Crippen molar-refractivity contribution in [2.24, 2.45) is 0 Å². The van der Waals surface area contributed by atoms with Crippen LogP contribution in [0.25, 0.3) is 0 Å². The summed E-state index contributed by atoms with van der Waals surface area (Å²) in [7, 11) is 0. The van der Waals surface area contributed by atoms with Crippen molar-refractivity contribution >= 4 is 17.3 Å². The highest BCUT2D eigenvalue weighted by molar-refractivity contribution is 6.25. The van der Waals surface area contributed by atoms with Crippen LogP contribution in [-0.4, -0.2) is 16.0 Å². The maximum atomic E-state index is 13.5. The summed E-state index contributed by atoms with van der Waals surface area (Å²) in [5, 5.41) is 7.27. The van der Waals surface area contributed by atoms with Crippen LogP contribution in [0, 0.1) is 10.1 Å². The zero-order valence-corrected chi connectivity index (χ0v) is 9.13. The monoisotopic (exact) mass is 265 g/mol. The first-order valence-corrected chi connectivity index (χ1v) is 5.13. The lowest BCUT2D eigenvalue weighted by Crippen LogP contribution is -2.56. The van der Waals surface area contributed by atoms with Gasteiger partial charge in [0.1, 0.15) is 0 Å². The van der Waals surface area contributed by atoms with Gasteiger partial charge in [-0.05, 0) is 5.56 Å². The zero-order chi connectivity index (χ0) is 12.8. The maximum Gasteiger partial charge on any atom is 0.296 e. The lowest BCUT2D eigenvalue weighted by atomic mass is 9.74. The van der Waals surface area contributed by atoms with E-state index in [4.69, 9.17) is 11.6 Å². The first-order valence-electron chi connectivity index (χ1n) is 4.76. The Kier molecular flexibility index (Phi) is 2.57. The SMILES string of the molecule is O=[N+]([O-])c1ccc(C2CC(F)(F)C2(F)Cl)cc1. The van der Waals surface area contributed by atoms with Gasteiger partial charge in [-0.15, -0.1) is 0 Å². The van der Waals surface area contributed by atoms with Crippen LogP contribution < -0.4 is 0 Å². The molecule has 2 atom stereocenters. The summed E-state index contributed by atoms with van der Waals surface area (Å²) in [6.45, 7) is 0. The summed E-state index contributed by atoms with van der Waals surface area (Å²) in [5.41, 5.74) is 0.0536. The fourth-order valence-corrected chi connectivity index (χ4v) is 2.08. The van der Waals surface area contributed by atoms with Gasteiger partial charge in [-0.2, -0.15) is 0 Å². The molecule has 0 heterocycles. The summed E-state index contributed by atoms with van der Waals surface area (Å²) < 4.78 is 39.2. The molecule has 1 fully saturated rings. The molecule has 1 aliphatic carbocycles. The van der Waals surface area contributed by atoms with Gasteiger partial charge in [0, 0.05) is 24.5 Å². The number of halogens is 4. The Hall–Kier alpha value is -1.30. The first kappa shape index (κ1) is 12.2. The third-order valence-electron chi connectivity index (χ3n) is 2.89. The number of non-ortho nitro benzene ring substituents is 1. The highest BCUT2D eigenvalue weighted by Crippen LogP contribution is 2.61. The highest BCUT2D eigenvalue weighted by atomic mass is 35.5. The van der Waals surface area contributed by atoms with E-state index in [0.29, 0.717) is 0 Å². The van der Waals surface area contributed by atoms with Crippen molar-refractivity contribution in [3.63, 3.8) is 0 Å². The summed E-state index contributed by atoms with van der Waals surface area (Å²) in [5.74, 6) is -4.69. The van der Waals surface area contributed by atoms with Gasteiger partial charge < -0.3 is 0 Å². The van der Waals surface area contributed by atoms with Gasteiger partial charge in [0.2, 0.25) is 0 Å². The molecule has 0 bridgehead atoms. The number of rotatable bonds is 2. The number of hydrogen-bond acceptors (Lipinski definition) is 2. The van der Waals surface area contributed by atoms with Crippen molar-refractivity contribution in [1.82, 2.24) is 0 Å². The minimum atomic E-state index is -3.55. The molecular formula is C10H7ClF3NO2. The molecule has 1 aliphatic rings. The minimum Gasteiger partial charge on any atom is -0.258 e. The quantitative estimate of drug-likeness (QED) is 0.466. The van der Waals surface area contributed by atoms with E-state index in [1.54, 1.807) is 0 Å². The Bertz CT molecular complexity index is 461. The van der Waals surface area contributed by atoms with Crippen LogP contribution >= 0.6 is 11.6 Å².